The summed E-state index contributed by atoms with van der Waals surface area (Å²) in [5.74, 6) is 0.587. The van der Waals surface area contributed by atoms with Gasteiger partial charge in [-0.05, 0) is 30.5 Å². The number of nitrogens with one attached hydrogen (secondary N) is 1. The average molecular weight is 357 g/mol. The lowest BCUT2D eigenvalue weighted by atomic mass is 10.1. The topological polar surface area (TPSA) is 69.0 Å². The largest absolute Gasteiger partial charge is 0.467 e. The van der Waals surface area contributed by atoms with E-state index in [1.165, 1.54) is 5.56 Å². The Balaban J connectivity index is 1.32. The van der Waals surface area contributed by atoms with Crippen LogP contribution in [0.15, 0.2) is 53.1 Å². The molecule has 0 aliphatic carbocycles. The van der Waals surface area contributed by atoms with Crippen molar-refractivity contribution in [3.63, 3.8) is 0 Å². The summed E-state index contributed by atoms with van der Waals surface area (Å²) in [7, 11) is 0. The Morgan fingerprint density at radius 3 is 2.58 bits per heavy atom. The molecule has 1 aliphatic rings. The van der Waals surface area contributed by atoms with E-state index in [0.717, 1.165) is 25.9 Å². The zero-order valence-electron chi connectivity index (χ0n) is 15.0. The molecule has 140 valence electrons. The fourth-order valence-electron chi connectivity index (χ4n) is 3.19. The van der Waals surface area contributed by atoms with Crippen molar-refractivity contribution in [1.29, 1.82) is 0 Å². The van der Waals surface area contributed by atoms with Crippen LogP contribution in [0.2, 0.25) is 0 Å². The van der Waals surface area contributed by atoms with Gasteiger partial charge in [-0.3, -0.25) is 4.90 Å². The number of furan rings is 1. The Labute approximate surface area is 154 Å². The molecule has 1 fully saturated rings. The highest BCUT2D eigenvalue weighted by molar-refractivity contribution is 5.74. The van der Waals surface area contributed by atoms with Crippen LogP contribution in [0.25, 0.3) is 0 Å². The van der Waals surface area contributed by atoms with Crippen molar-refractivity contribution >= 4 is 6.03 Å². The standard InChI is InChI=1S/C20H27N3O3/c24-18(19-9-5-15-26-19)16-22-11-13-23(14-12-22)20(25)21-10-4-8-17-6-2-1-3-7-17/h1-3,5-7,9,15,18,24H,4,8,10-14,16H2,(H,21,25)/t18-/m1/s1. The minimum Gasteiger partial charge on any atom is -0.467 e. The lowest BCUT2D eigenvalue weighted by Gasteiger charge is -2.35. The van der Waals surface area contributed by atoms with Gasteiger partial charge in [-0.25, -0.2) is 4.79 Å². The highest BCUT2D eigenvalue weighted by Gasteiger charge is 2.23. The number of carbonyl (C=O) groups excluding carboxylic acids is 1. The molecule has 6 heteroatoms. The van der Waals surface area contributed by atoms with E-state index >= 15 is 0 Å². The summed E-state index contributed by atoms with van der Waals surface area (Å²) in [6.45, 7) is 4.08. The molecule has 0 radical (unpaired) electrons. The summed E-state index contributed by atoms with van der Waals surface area (Å²) in [5.41, 5.74) is 1.30. The molecule has 26 heavy (non-hydrogen) atoms. The summed E-state index contributed by atoms with van der Waals surface area (Å²) in [5, 5.41) is 13.2. The molecule has 1 atom stereocenters. The minimum absolute atomic E-state index is 0.00398. The van der Waals surface area contributed by atoms with E-state index in [4.69, 9.17) is 4.42 Å². The molecule has 1 aliphatic heterocycles. The van der Waals surface area contributed by atoms with Crippen LogP contribution in [-0.2, 0) is 6.42 Å². The molecule has 0 unspecified atom stereocenters. The smallest absolute Gasteiger partial charge is 0.317 e. The Morgan fingerprint density at radius 2 is 1.88 bits per heavy atom. The van der Waals surface area contributed by atoms with Crippen molar-refractivity contribution in [2.45, 2.75) is 18.9 Å². The van der Waals surface area contributed by atoms with Crippen molar-refractivity contribution in [3.05, 3.63) is 60.1 Å². The number of urea groups is 1. The lowest BCUT2D eigenvalue weighted by Crippen LogP contribution is -2.52. The van der Waals surface area contributed by atoms with Gasteiger partial charge in [-0.15, -0.1) is 0 Å². The van der Waals surface area contributed by atoms with E-state index in [1.807, 2.05) is 23.1 Å². The normalized spacial score (nSPS) is 16.4. The number of aryl methyl sites for hydroxylation is 1. The zero-order valence-corrected chi connectivity index (χ0v) is 15.0. The Morgan fingerprint density at radius 1 is 1.12 bits per heavy atom. The van der Waals surface area contributed by atoms with Crippen molar-refractivity contribution in [2.75, 3.05) is 39.3 Å². The van der Waals surface area contributed by atoms with Gasteiger partial charge in [0.05, 0.1) is 6.26 Å². The molecular weight excluding hydrogens is 330 g/mol. The second-order valence-electron chi connectivity index (χ2n) is 6.64. The number of nitrogens with zero attached hydrogens (tertiary/aromatic N) is 2. The van der Waals surface area contributed by atoms with E-state index in [-0.39, 0.29) is 6.03 Å². The molecule has 6 nitrogen and oxygen atoms in total. The molecule has 1 aromatic heterocycles. The minimum atomic E-state index is -0.622. The van der Waals surface area contributed by atoms with Crippen LogP contribution in [0.3, 0.4) is 0 Å². The van der Waals surface area contributed by atoms with Gasteiger partial charge in [0.1, 0.15) is 11.9 Å². The fraction of sp³-hybridized carbons (Fsp3) is 0.450. The molecule has 0 bridgehead atoms. The number of amides is 2. The number of β-amino-alcohol motifs (C(OH)–C–C–N with tert-alkyl or cyclic N) is 1. The molecule has 0 saturated carbocycles. The number of aliphatic hydroxyl groups is 1. The van der Waals surface area contributed by atoms with E-state index in [1.54, 1.807) is 18.4 Å². The van der Waals surface area contributed by atoms with Crippen LogP contribution >= 0.6 is 0 Å². The van der Waals surface area contributed by atoms with Gasteiger partial charge in [0.25, 0.3) is 0 Å². The number of rotatable bonds is 7. The fourth-order valence-corrected chi connectivity index (χ4v) is 3.19. The summed E-state index contributed by atoms with van der Waals surface area (Å²) in [4.78, 5) is 16.3. The van der Waals surface area contributed by atoms with Crippen LogP contribution in [0.5, 0.6) is 0 Å². The predicted octanol–water partition coefficient (Wildman–Crippen LogP) is 2.27. The highest BCUT2D eigenvalue weighted by Crippen LogP contribution is 2.15. The first-order chi connectivity index (χ1) is 12.7. The van der Waals surface area contributed by atoms with Crippen molar-refractivity contribution in [2.24, 2.45) is 0 Å². The maximum atomic E-state index is 12.3. The van der Waals surface area contributed by atoms with Crippen LogP contribution < -0.4 is 5.32 Å². The third-order valence-electron chi connectivity index (χ3n) is 4.72. The predicted molar refractivity (Wildman–Crippen MR) is 99.8 cm³/mol. The SMILES string of the molecule is O=C(NCCCc1ccccc1)N1CCN(C[C@@H](O)c2ccco2)CC1. The second kappa shape index (κ2) is 9.40. The monoisotopic (exact) mass is 357 g/mol. The van der Waals surface area contributed by atoms with Gasteiger partial charge in [0, 0.05) is 39.3 Å². The Bertz CT molecular complexity index is 652. The first-order valence-corrected chi connectivity index (χ1v) is 9.23. The number of hydrogen-bond donors (Lipinski definition) is 2. The first-order valence-electron chi connectivity index (χ1n) is 9.23. The molecular formula is C20H27N3O3. The zero-order chi connectivity index (χ0) is 18.2. The molecule has 2 amide bonds. The van der Waals surface area contributed by atoms with Gasteiger partial charge in [0.2, 0.25) is 0 Å². The van der Waals surface area contributed by atoms with Gasteiger partial charge in [0.15, 0.2) is 0 Å². The van der Waals surface area contributed by atoms with Crippen LogP contribution in [0.4, 0.5) is 4.79 Å². The van der Waals surface area contributed by atoms with Gasteiger partial charge in [-0.2, -0.15) is 0 Å². The number of hydrogen-bond acceptors (Lipinski definition) is 4. The third-order valence-corrected chi connectivity index (χ3v) is 4.72. The third kappa shape index (κ3) is 5.34. The molecule has 2 N–H and O–H groups in total. The second-order valence-corrected chi connectivity index (χ2v) is 6.64. The van der Waals surface area contributed by atoms with Gasteiger partial charge in [-0.1, -0.05) is 30.3 Å². The molecule has 2 heterocycles. The highest BCUT2D eigenvalue weighted by atomic mass is 16.4. The molecule has 1 aromatic carbocycles. The summed E-state index contributed by atoms with van der Waals surface area (Å²) >= 11 is 0. The van der Waals surface area contributed by atoms with E-state index in [9.17, 15) is 9.90 Å². The maximum Gasteiger partial charge on any atom is 0.317 e. The summed E-state index contributed by atoms with van der Waals surface area (Å²) < 4.78 is 5.23. The van der Waals surface area contributed by atoms with Crippen LogP contribution in [0.1, 0.15) is 23.8 Å². The van der Waals surface area contributed by atoms with Gasteiger partial charge < -0.3 is 19.7 Å². The quantitative estimate of drug-likeness (QED) is 0.746. The Kier molecular flexibility index (Phi) is 6.68. The average Bonchev–Trinajstić information content (AvgIpc) is 3.21. The van der Waals surface area contributed by atoms with E-state index in [0.29, 0.717) is 31.9 Å². The van der Waals surface area contributed by atoms with Crippen LogP contribution in [0, 0.1) is 0 Å². The van der Waals surface area contributed by atoms with Crippen LogP contribution in [-0.4, -0.2) is 60.2 Å². The molecule has 1 saturated heterocycles. The summed E-state index contributed by atoms with van der Waals surface area (Å²) in [6, 6.07) is 13.9. The maximum absolute atomic E-state index is 12.3. The van der Waals surface area contributed by atoms with E-state index < -0.39 is 6.10 Å². The molecule has 2 aromatic rings. The number of carbonyl (C=O) groups is 1. The summed E-state index contributed by atoms with van der Waals surface area (Å²) in [6.07, 6.45) is 2.85. The molecule has 3 rings (SSSR count). The number of piperazine rings is 1. The first kappa shape index (κ1) is 18.5. The van der Waals surface area contributed by atoms with Gasteiger partial charge >= 0.3 is 6.03 Å². The van der Waals surface area contributed by atoms with Crippen molar-refractivity contribution in [1.82, 2.24) is 15.1 Å². The molecule has 0 spiro atoms. The lowest BCUT2D eigenvalue weighted by molar-refractivity contribution is 0.0692. The van der Waals surface area contributed by atoms with Crippen molar-refractivity contribution in [3.8, 4) is 0 Å². The Hall–Kier alpha value is -2.31. The van der Waals surface area contributed by atoms with Crippen molar-refractivity contribution < 1.29 is 14.3 Å². The van der Waals surface area contributed by atoms with E-state index in [2.05, 4.69) is 22.3 Å². The number of benzene rings is 1. The number of aliphatic hydroxyl groups excluding tert-OH is 1.